The Morgan fingerprint density at radius 3 is 2.27 bits per heavy atom. The van der Waals surface area contributed by atoms with Gasteiger partial charge in [0.05, 0.1) is 0 Å². The largest absolute Gasteiger partial charge is 0.248 e. The van der Waals surface area contributed by atoms with E-state index < -0.39 is 5.92 Å². The van der Waals surface area contributed by atoms with Gasteiger partial charge in [0.1, 0.15) is 7.85 Å². The van der Waals surface area contributed by atoms with Crippen LogP contribution in [0.2, 0.25) is 0 Å². The highest BCUT2D eigenvalue weighted by Crippen LogP contribution is 2.36. The van der Waals surface area contributed by atoms with E-state index in [4.69, 9.17) is 7.85 Å². The summed E-state index contributed by atoms with van der Waals surface area (Å²) in [6.45, 7) is 0. The number of rotatable bonds is 1. The molecular weight excluding hydrogens is 145 g/mol. The molecule has 1 fully saturated rings. The van der Waals surface area contributed by atoms with Gasteiger partial charge in [-0.05, 0) is 18.8 Å². The molecule has 0 aliphatic heterocycles. The van der Waals surface area contributed by atoms with Gasteiger partial charge in [-0.1, -0.05) is 6.08 Å². The van der Waals surface area contributed by atoms with Gasteiger partial charge in [0, 0.05) is 12.8 Å². The zero-order chi connectivity index (χ0) is 8.32. The Bertz CT molecular complexity index is 144. The van der Waals surface area contributed by atoms with Gasteiger partial charge in [0.2, 0.25) is 5.92 Å². The summed E-state index contributed by atoms with van der Waals surface area (Å²) in [4.78, 5) is 0. The number of alkyl halides is 2. The lowest BCUT2D eigenvalue weighted by Gasteiger charge is -2.26. The van der Waals surface area contributed by atoms with E-state index in [1.165, 1.54) is 5.98 Å². The summed E-state index contributed by atoms with van der Waals surface area (Å²) in [5.74, 6) is -0.688. The lowest BCUT2D eigenvalue weighted by molar-refractivity contribution is -0.0411. The minimum atomic E-state index is -2.42. The van der Waals surface area contributed by atoms with Crippen molar-refractivity contribution in [2.24, 2.45) is 5.92 Å². The van der Waals surface area contributed by atoms with Crippen molar-refractivity contribution in [3.8, 4) is 0 Å². The first-order valence-corrected chi connectivity index (χ1v) is 3.90. The molecule has 0 unspecified atom stereocenters. The van der Waals surface area contributed by atoms with Gasteiger partial charge < -0.3 is 0 Å². The molecule has 0 spiro atoms. The summed E-state index contributed by atoms with van der Waals surface area (Å²) in [6, 6.07) is 0. The summed E-state index contributed by atoms with van der Waals surface area (Å²) in [7, 11) is 5.16. The fourth-order valence-corrected chi connectivity index (χ4v) is 1.41. The number of allylic oxidation sites excluding steroid dienone is 1. The van der Waals surface area contributed by atoms with Crippen LogP contribution in [0.15, 0.2) is 12.1 Å². The van der Waals surface area contributed by atoms with Crippen molar-refractivity contribution in [2.45, 2.75) is 31.6 Å². The highest BCUT2D eigenvalue weighted by Gasteiger charge is 2.33. The van der Waals surface area contributed by atoms with Crippen molar-refractivity contribution >= 4 is 7.85 Å². The van der Waals surface area contributed by atoms with Crippen LogP contribution in [0.5, 0.6) is 0 Å². The van der Waals surface area contributed by atoms with Crippen LogP contribution in [-0.4, -0.2) is 13.8 Å². The zero-order valence-electron chi connectivity index (χ0n) is 6.39. The Morgan fingerprint density at radius 2 is 1.82 bits per heavy atom. The summed E-state index contributed by atoms with van der Waals surface area (Å²) in [6.07, 6.45) is 2.99. The van der Waals surface area contributed by atoms with Crippen molar-refractivity contribution in [3.05, 3.63) is 12.1 Å². The predicted octanol–water partition coefficient (Wildman–Crippen LogP) is 2.49. The highest BCUT2D eigenvalue weighted by atomic mass is 19.3. The summed E-state index contributed by atoms with van der Waals surface area (Å²) in [5, 5.41) is 0. The highest BCUT2D eigenvalue weighted by molar-refractivity contribution is 6.16. The van der Waals surface area contributed by atoms with Crippen LogP contribution < -0.4 is 0 Å². The molecule has 1 saturated carbocycles. The second-order valence-corrected chi connectivity index (χ2v) is 3.08. The zero-order valence-corrected chi connectivity index (χ0v) is 6.39. The second kappa shape index (κ2) is 3.37. The smallest absolute Gasteiger partial charge is 0.207 e. The molecule has 0 amide bonds. The van der Waals surface area contributed by atoms with E-state index in [2.05, 4.69) is 0 Å². The maximum atomic E-state index is 12.6. The lowest BCUT2D eigenvalue weighted by atomic mass is 9.85. The van der Waals surface area contributed by atoms with Crippen molar-refractivity contribution in [2.75, 3.05) is 0 Å². The fraction of sp³-hybridized carbons (Fsp3) is 0.750. The molecule has 60 valence electrons. The molecular formula is C8H11BF2. The Morgan fingerprint density at radius 1 is 1.27 bits per heavy atom. The topological polar surface area (TPSA) is 0 Å². The third-order valence-electron chi connectivity index (χ3n) is 2.15. The SMILES string of the molecule is [B]/C=C/C1CCC(F)(F)CC1. The van der Waals surface area contributed by atoms with Crippen molar-refractivity contribution in [1.29, 1.82) is 0 Å². The molecule has 0 nitrogen and oxygen atoms in total. The summed E-state index contributed by atoms with van der Waals surface area (Å²) >= 11 is 0. The number of halogens is 2. The van der Waals surface area contributed by atoms with Crippen LogP contribution in [0, 0.1) is 5.92 Å². The minimum absolute atomic E-state index is 0.0159. The maximum Gasteiger partial charge on any atom is 0.248 e. The normalized spacial score (nSPS) is 26.0. The van der Waals surface area contributed by atoms with Gasteiger partial charge in [0.25, 0.3) is 0 Å². The van der Waals surface area contributed by atoms with Gasteiger partial charge in [-0.3, -0.25) is 0 Å². The molecule has 2 radical (unpaired) electrons. The minimum Gasteiger partial charge on any atom is -0.207 e. The van der Waals surface area contributed by atoms with Crippen LogP contribution in [0.3, 0.4) is 0 Å². The average molecular weight is 156 g/mol. The van der Waals surface area contributed by atoms with E-state index in [1.807, 2.05) is 6.08 Å². The Labute approximate surface area is 67.1 Å². The molecule has 0 atom stereocenters. The standard InChI is InChI=1S/C8H11BF2/c9-6-3-7-1-4-8(10,11)5-2-7/h3,6-7H,1-2,4-5H2/b6-3+. The molecule has 0 N–H and O–H groups in total. The van der Waals surface area contributed by atoms with E-state index in [0.29, 0.717) is 12.8 Å². The Kier molecular flexibility index (Phi) is 2.69. The first kappa shape index (κ1) is 8.76. The molecule has 1 aliphatic rings. The predicted molar refractivity (Wildman–Crippen MR) is 41.8 cm³/mol. The molecule has 1 aliphatic carbocycles. The molecule has 0 aromatic rings. The van der Waals surface area contributed by atoms with E-state index in [0.717, 1.165) is 0 Å². The van der Waals surface area contributed by atoms with E-state index >= 15 is 0 Å². The number of hydrogen-bond donors (Lipinski definition) is 0. The van der Waals surface area contributed by atoms with E-state index in [1.54, 1.807) is 0 Å². The maximum absolute atomic E-state index is 12.6. The molecule has 11 heavy (non-hydrogen) atoms. The summed E-state index contributed by atoms with van der Waals surface area (Å²) in [5.41, 5.74) is 0. The van der Waals surface area contributed by atoms with Crippen molar-refractivity contribution < 1.29 is 8.78 Å². The third kappa shape index (κ3) is 2.64. The summed E-state index contributed by atoms with van der Waals surface area (Å²) < 4.78 is 25.1. The van der Waals surface area contributed by atoms with Gasteiger partial charge in [0.15, 0.2) is 0 Å². The first-order chi connectivity index (χ1) is 5.14. The molecule has 0 aromatic heterocycles. The fourth-order valence-electron chi connectivity index (χ4n) is 1.41. The average Bonchev–Trinajstić information content (AvgIpc) is 1.94. The van der Waals surface area contributed by atoms with Crippen LogP contribution >= 0.6 is 0 Å². The van der Waals surface area contributed by atoms with Gasteiger partial charge in [-0.15, -0.1) is 5.98 Å². The van der Waals surface area contributed by atoms with Crippen LogP contribution in [-0.2, 0) is 0 Å². The van der Waals surface area contributed by atoms with Gasteiger partial charge in [-0.2, -0.15) is 0 Å². The quantitative estimate of drug-likeness (QED) is 0.511. The van der Waals surface area contributed by atoms with Crippen LogP contribution in [0.4, 0.5) is 8.78 Å². The molecule has 3 heteroatoms. The molecule has 1 rings (SSSR count). The van der Waals surface area contributed by atoms with E-state index in [9.17, 15) is 8.78 Å². The molecule has 0 saturated heterocycles. The number of hydrogen-bond acceptors (Lipinski definition) is 0. The van der Waals surface area contributed by atoms with Gasteiger partial charge in [-0.25, -0.2) is 8.78 Å². The second-order valence-electron chi connectivity index (χ2n) is 3.08. The lowest BCUT2D eigenvalue weighted by Crippen LogP contribution is -2.23. The van der Waals surface area contributed by atoms with Crippen molar-refractivity contribution in [3.63, 3.8) is 0 Å². The molecule has 0 aromatic carbocycles. The van der Waals surface area contributed by atoms with Gasteiger partial charge >= 0.3 is 0 Å². The van der Waals surface area contributed by atoms with Crippen LogP contribution in [0.1, 0.15) is 25.7 Å². The van der Waals surface area contributed by atoms with Crippen LogP contribution in [0.25, 0.3) is 0 Å². The molecule has 0 heterocycles. The van der Waals surface area contributed by atoms with Crippen molar-refractivity contribution in [1.82, 2.24) is 0 Å². The monoisotopic (exact) mass is 156 g/mol. The van der Waals surface area contributed by atoms with E-state index in [-0.39, 0.29) is 18.8 Å². The molecule has 0 bridgehead atoms. The third-order valence-corrected chi connectivity index (χ3v) is 2.15. The Balaban J connectivity index is 2.36. The Hall–Kier alpha value is -0.335. The first-order valence-electron chi connectivity index (χ1n) is 3.90.